The van der Waals surface area contributed by atoms with E-state index in [-0.39, 0.29) is 17.8 Å². The number of amidine groups is 4. The second-order valence-electron chi connectivity index (χ2n) is 26.3. The Morgan fingerprint density at radius 1 is 0.397 bits per heavy atom. The lowest BCUT2D eigenvalue weighted by Gasteiger charge is -2.39. The Labute approximate surface area is 473 Å². The van der Waals surface area contributed by atoms with Crippen LogP contribution in [-0.4, -0.2) is 85.8 Å². The Morgan fingerprint density at radius 3 is 1.06 bits per heavy atom. The third kappa shape index (κ3) is 18.2. The number of carbonyl (C=O) groups excluding carboxylic acids is 1. The van der Waals surface area contributed by atoms with Gasteiger partial charge < -0.3 is 26.4 Å². The molecular formula is C66H110N10O2. The number of guanidine groups is 1. The van der Waals surface area contributed by atoms with Crippen LogP contribution in [0.25, 0.3) is 0 Å². The Balaban J connectivity index is 0.995. The Hall–Kier alpha value is -3.54. The number of ketones is 1. The van der Waals surface area contributed by atoms with E-state index >= 15 is 4.79 Å². The molecule has 0 atom stereocenters. The van der Waals surface area contributed by atoms with E-state index in [0.29, 0.717) is 60.5 Å². The van der Waals surface area contributed by atoms with Gasteiger partial charge in [-0.25, -0.2) is 0 Å². The lowest BCUT2D eigenvalue weighted by Crippen LogP contribution is -2.66. The maximum Gasteiger partial charge on any atom is 0.202 e. The first-order valence-corrected chi connectivity index (χ1v) is 33.8. The number of Topliss-reactive ketones (excluding diaryl/α,β-unsaturated/α-hetero) is 1. The quantitative estimate of drug-likeness (QED) is 0.0289. The highest BCUT2D eigenvalue weighted by molar-refractivity contribution is 6.39. The fourth-order valence-electron chi connectivity index (χ4n) is 15.5. The average molecular weight is 1080 g/mol. The van der Waals surface area contributed by atoms with E-state index in [4.69, 9.17) is 25.0 Å². The molecule has 0 radical (unpaired) electrons. The highest BCUT2D eigenvalue weighted by atomic mass is 16.3. The molecule has 0 spiro atoms. The van der Waals surface area contributed by atoms with Gasteiger partial charge in [0.05, 0.1) is 16.7 Å². The van der Waals surface area contributed by atoms with E-state index in [0.717, 1.165) is 124 Å². The first-order valence-electron chi connectivity index (χ1n) is 33.8. The smallest absolute Gasteiger partial charge is 0.202 e. The number of allylic oxidation sites excluding steroid dienone is 1. The minimum atomic E-state index is -0.621. The topological polar surface area (TPSA) is 159 Å². The third-order valence-electron chi connectivity index (χ3n) is 20.3. The summed E-state index contributed by atoms with van der Waals surface area (Å²) in [6.07, 6.45) is 53.5. The van der Waals surface area contributed by atoms with Crippen LogP contribution in [0, 0.1) is 41.4 Å². The molecule has 0 aromatic carbocycles. The van der Waals surface area contributed by atoms with Crippen molar-refractivity contribution in [3.63, 3.8) is 0 Å². The van der Waals surface area contributed by atoms with Crippen molar-refractivity contribution >= 4 is 35.1 Å². The van der Waals surface area contributed by atoms with E-state index in [2.05, 4.69) is 26.6 Å². The summed E-state index contributed by atoms with van der Waals surface area (Å²) in [6.45, 7) is 4.23. The molecule has 0 unspecified atom stereocenters. The number of rotatable bonds is 32. The van der Waals surface area contributed by atoms with Crippen LogP contribution < -0.4 is 26.6 Å². The lowest BCUT2D eigenvalue weighted by molar-refractivity contribution is -0.114. The van der Waals surface area contributed by atoms with Crippen LogP contribution in [0.1, 0.15) is 270 Å². The molecule has 6 N–H and O–H groups in total. The average Bonchev–Trinajstić information content (AvgIpc) is 4.44. The number of aliphatic imine (C=N–C) groups is 5. The molecule has 12 heteroatoms. The van der Waals surface area contributed by atoms with Crippen molar-refractivity contribution in [2.75, 3.05) is 39.3 Å². The van der Waals surface area contributed by atoms with Crippen LogP contribution in [0.4, 0.5) is 0 Å². The lowest BCUT2D eigenvalue weighted by atomic mass is 9.75. The number of hydrogen-bond acceptors (Lipinski definition) is 8. The summed E-state index contributed by atoms with van der Waals surface area (Å²) >= 11 is 0. The molecule has 9 aliphatic rings. The van der Waals surface area contributed by atoms with Crippen LogP contribution in [0.5, 0.6) is 0 Å². The van der Waals surface area contributed by atoms with E-state index in [9.17, 15) is 5.11 Å². The van der Waals surface area contributed by atoms with Gasteiger partial charge in [-0.2, -0.15) is 0 Å². The molecule has 8 fully saturated rings. The van der Waals surface area contributed by atoms with Crippen LogP contribution in [0.2, 0.25) is 0 Å². The van der Waals surface area contributed by atoms with E-state index in [1.165, 1.54) is 205 Å². The molecular weight excluding hydrogens is 965 g/mol. The summed E-state index contributed by atoms with van der Waals surface area (Å²) in [5.74, 6) is 7.71. The molecule has 436 valence electrons. The van der Waals surface area contributed by atoms with Crippen molar-refractivity contribution in [1.82, 2.24) is 26.6 Å². The van der Waals surface area contributed by atoms with Gasteiger partial charge in [0.2, 0.25) is 5.96 Å². The van der Waals surface area contributed by atoms with Gasteiger partial charge in [0, 0.05) is 32.7 Å². The van der Waals surface area contributed by atoms with E-state index in [1.807, 2.05) is 0 Å². The van der Waals surface area contributed by atoms with Gasteiger partial charge in [-0.15, -0.1) is 0 Å². The zero-order valence-corrected chi connectivity index (χ0v) is 49.2. The molecule has 0 bridgehead atoms. The molecule has 2 aliphatic heterocycles. The first-order chi connectivity index (χ1) is 38.6. The number of nitrogens with zero attached hydrogens (tertiary/aromatic N) is 5. The molecule has 0 aromatic heterocycles. The Kier molecular flexibility index (Phi) is 24.8. The normalized spacial score (nSPS) is 26.4. The number of hydrogen-bond donors (Lipinski definition) is 6. The van der Waals surface area contributed by atoms with Gasteiger partial charge in [-0.1, -0.05) is 231 Å². The van der Waals surface area contributed by atoms with Crippen molar-refractivity contribution in [3.8, 4) is 0 Å². The molecule has 78 heavy (non-hydrogen) atoms. The molecule has 9 rings (SSSR count). The summed E-state index contributed by atoms with van der Waals surface area (Å²) < 4.78 is 0. The summed E-state index contributed by atoms with van der Waals surface area (Å²) in [7, 11) is 0. The van der Waals surface area contributed by atoms with Crippen molar-refractivity contribution < 1.29 is 9.90 Å². The van der Waals surface area contributed by atoms with Crippen molar-refractivity contribution in [3.05, 3.63) is 22.5 Å². The largest absolute Gasteiger partial charge is 0.507 e. The van der Waals surface area contributed by atoms with Gasteiger partial charge in [0.1, 0.15) is 35.0 Å². The number of carbonyl (C=O) groups is 1. The van der Waals surface area contributed by atoms with Crippen molar-refractivity contribution in [2.45, 2.75) is 276 Å². The summed E-state index contributed by atoms with van der Waals surface area (Å²) in [4.78, 5) is 41.8. The van der Waals surface area contributed by atoms with Crippen LogP contribution in [0.3, 0.4) is 0 Å². The maximum atomic E-state index is 15.5. The summed E-state index contributed by atoms with van der Waals surface area (Å²) in [5.41, 5.74) is 1.25. The van der Waals surface area contributed by atoms with Crippen molar-refractivity contribution in [1.29, 1.82) is 0 Å². The number of unbranched alkanes of at least 4 members (excludes halogenated alkanes) is 6. The number of aliphatic hydroxyl groups is 1. The second kappa shape index (κ2) is 32.8. The fraction of sp³-hybridized carbons (Fsp3) is 0.848. The number of aliphatic hydroxyl groups excluding tert-OH is 1. The van der Waals surface area contributed by atoms with Crippen LogP contribution in [-0.2, 0) is 4.79 Å². The van der Waals surface area contributed by atoms with Gasteiger partial charge >= 0.3 is 0 Å². The van der Waals surface area contributed by atoms with Gasteiger partial charge in [0.25, 0.3) is 0 Å². The Morgan fingerprint density at radius 2 is 0.718 bits per heavy atom. The number of nitrogens with one attached hydrogen (secondary N) is 5. The predicted octanol–water partition coefficient (Wildman–Crippen LogP) is 14.7. The van der Waals surface area contributed by atoms with E-state index < -0.39 is 5.92 Å². The van der Waals surface area contributed by atoms with Crippen LogP contribution >= 0.6 is 0 Å². The molecule has 0 amide bonds. The van der Waals surface area contributed by atoms with Gasteiger partial charge in [0.15, 0.2) is 12.1 Å². The fourth-order valence-corrected chi connectivity index (χ4v) is 15.5. The molecule has 6 saturated carbocycles. The predicted molar refractivity (Wildman–Crippen MR) is 326 cm³/mol. The zero-order chi connectivity index (χ0) is 53.4. The summed E-state index contributed by atoms with van der Waals surface area (Å²) in [5, 5.41) is 31.3. The molecule has 7 aliphatic carbocycles. The second-order valence-corrected chi connectivity index (χ2v) is 26.3. The minimum Gasteiger partial charge on any atom is -0.507 e. The Bertz CT molecular complexity index is 1960. The first kappa shape index (κ1) is 59.1. The maximum absolute atomic E-state index is 15.5. The highest BCUT2D eigenvalue weighted by Gasteiger charge is 2.48. The zero-order valence-electron chi connectivity index (χ0n) is 49.2. The van der Waals surface area contributed by atoms with Gasteiger partial charge in [-0.3, -0.25) is 35.1 Å². The highest BCUT2D eigenvalue weighted by Crippen LogP contribution is 2.40. The minimum absolute atomic E-state index is 0.0172. The van der Waals surface area contributed by atoms with Crippen LogP contribution in [0.15, 0.2) is 47.4 Å². The van der Waals surface area contributed by atoms with E-state index in [1.54, 1.807) is 0 Å². The van der Waals surface area contributed by atoms with Crippen molar-refractivity contribution in [2.24, 2.45) is 66.4 Å². The SMILES string of the molecule is O=C1C(=C2C(=NCCCCC3CCCC3)NC(=NCCCCC3CCCC3)NC2=NCCCCC2CCCC2)C(O)=C1C1C(=NCCCCC2CCCC2)NC(NCCCCC2CCCC2)NC1=NCCCCC1CCCC1. The standard InChI is InChI=1S/C66H110N10O2/c77-59-55(57-61(67-43-19-13-37-49-25-1-2-26-49)73-65(71-47-23-17-41-53-33-9-10-34-53)74-62(57)68-44-20-14-38-50-27-3-4-28-50)60(78)56(59)58-63(69-45-21-15-39-51-29-5-6-30-51)75-66(72-48-24-18-42-54-35-11-12-36-54)76-64(58)70-46-22-16-40-52-31-7-8-32-52/h49-54,57,65,71,77H,1-48H2,(H,67,73)(H,68,74)(H2,69,70,72,75,76). The molecule has 2 heterocycles. The molecule has 0 aromatic rings. The molecule has 2 saturated heterocycles. The molecule has 12 nitrogen and oxygen atoms in total. The summed E-state index contributed by atoms with van der Waals surface area (Å²) in [6, 6.07) is 0. The third-order valence-corrected chi connectivity index (χ3v) is 20.3. The van der Waals surface area contributed by atoms with Gasteiger partial charge in [-0.05, 0) is 80.6 Å². The monoisotopic (exact) mass is 1070 g/mol.